The normalized spacial score (nSPS) is 16.7. The van der Waals surface area contributed by atoms with Crippen LogP contribution >= 0.6 is 0 Å². The first kappa shape index (κ1) is 23.0. The molecule has 0 saturated heterocycles. The predicted octanol–water partition coefficient (Wildman–Crippen LogP) is 4.50. The van der Waals surface area contributed by atoms with Crippen molar-refractivity contribution < 1.29 is 13.6 Å². The van der Waals surface area contributed by atoms with Gasteiger partial charge in [-0.25, -0.2) is 4.39 Å². The predicted molar refractivity (Wildman–Crippen MR) is 125 cm³/mol. The minimum absolute atomic E-state index is 0.157. The van der Waals surface area contributed by atoms with E-state index < -0.39 is 16.7 Å². The van der Waals surface area contributed by atoms with Crippen LogP contribution in [-0.4, -0.2) is 5.91 Å². The second-order valence-electron chi connectivity index (χ2n) is 9.94. The average molecular weight is 453 g/mol. The zero-order chi connectivity index (χ0) is 24.1. The molecule has 2 heterocycles. The lowest BCUT2D eigenvalue weighted by molar-refractivity contribution is 0.0957. The molecule has 1 aliphatic heterocycles. The van der Waals surface area contributed by atoms with Gasteiger partial charge >= 0.3 is 0 Å². The van der Waals surface area contributed by atoms with Crippen LogP contribution in [0.25, 0.3) is 0 Å². The molecular formula is C26H29FN2O4. The van der Waals surface area contributed by atoms with E-state index in [0.717, 1.165) is 11.3 Å². The summed E-state index contributed by atoms with van der Waals surface area (Å²) < 4.78 is 20.3. The molecule has 1 aliphatic rings. The van der Waals surface area contributed by atoms with Crippen molar-refractivity contribution >= 4 is 11.6 Å². The highest BCUT2D eigenvalue weighted by atomic mass is 19.1. The lowest BCUT2D eigenvalue weighted by Gasteiger charge is -2.31. The maximum absolute atomic E-state index is 14.5. The standard InChI is InChI=1S/C26H29FN2O4/c1-13-9-12-19(33-13)24(26(3,4)5)29-21-17(22(30)23(21)31)8-6-7-16-18(27)11-10-15-14(2)28-25(32)20(15)16/h9-12,14,24,29H,6-8H2,1-5H3,(H,28,32)/t14-,24+/m1/s1. The Balaban J connectivity index is 1.53. The van der Waals surface area contributed by atoms with Crippen molar-refractivity contribution in [2.24, 2.45) is 5.41 Å². The molecule has 174 valence electrons. The van der Waals surface area contributed by atoms with Crippen LogP contribution in [-0.2, 0) is 12.8 Å². The third-order valence-electron chi connectivity index (χ3n) is 6.39. The second kappa shape index (κ2) is 8.28. The van der Waals surface area contributed by atoms with E-state index in [-0.39, 0.29) is 23.4 Å². The number of aryl methyl sites for hydroxylation is 1. The first-order valence-electron chi connectivity index (χ1n) is 11.3. The molecule has 6 nitrogen and oxygen atoms in total. The zero-order valence-corrected chi connectivity index (χ0v) is 19.6. The maximum Gasteiger partial charge on any atom is 0.252 e. The summed E-state index contributed by atoms with van der Waals surface area (Å²) in [6.45, 7) is 9.79. The van der Waals surface area contributed by atoms with E-state index in [0.29, 0.717) is 47.4 Å². The van der Waals surface area contributed by atoms with E-state index in [1.807, 2.05) is 46.8 Å². The van der Waals surface area contributed by atoms with E-state index in [1.165, 1.54) is 6.07 Å². The molecule has 3 aromatic rings. The monoisotopic (exact) mass is 452 g/mol. The Hall–Kier alpha value is -3.22. The number of nitrogens with one attached hydrogen (secondary N) is 2. The largest absolute Gasteiger partial charge is 0.464 e. The minimum Gasteiger partial charge on any atom is -0.464 e. The topological polar surface area (TPSA) is 88.4 Å². The van der Waals surface area contributed by atoms with Crippen LogP contribution in [0.5, 0.6) is 0 Å². The number of fused-ring (bicyclic) bond motifs is 1. The molecule has 0 unspecified atom stereocenters. The van der Waals surface area contributed by atoms with Crippen molar-refractivity contribution in [3.05, 3.63) is 84.3 Å². The summed E-state index contributed by atoms with van der Waals surface area (Å²) in [6.07, 6.45) is 1.06. The van der Waals surface area contributed by atoms with Crippen LogP contribution in [0.4, 0.5) is 10.1 Å². The van der Waals surface area contributed by atoms with Crippen LogP contribution < -0.4 is 21.5 Å². The Bertz CT molecular complexity index is 1290. The summed E-state index contributed by atoms with van der Waals surface area (Å²) in [7, 11) is 0. The number of hydrogen-bond acceptors (Lipinski definition) is 5. The number of anilines is 1. The molecule has 0 saturated carbocycles. The van der Waals surface area contributed by atoms with E-state index in [1.54, 1.807) is 6.07 Å². The van der Waals surface area contributed by atoms with Crippen LogP contribution in [0.2, 0.25) is 0 Å². The SMILES string of the molecule is Cc1ccc([C@H](Nc2c(CCCc3c(F)ccc4c3C(=O)N[C@@H]4C)c(=O)c2=O)C(C)(C)C)o1. The van der Waals surface area contributed by atoms with Crippen molar-refractivity contribution in [2.45, 2.75) is 66.0 Å². The van der Waals surface area contributed by atoms with Gasteiger partial charge in [0.25, 0.3) is 5.91 Å². The lowest BCUT2D eigenvalue weighted by Crippen LogP contribution is -2.41. The number of carbonyl (C=O) groups excluding carboxylic acids is 1. The van der Waals surface area contributed by atoms with Gasteiger partial charge < -0.3 is 15.1 Å². The van der Waals surface area contributed by atoms with Crippen molar-refractivity contribution in [1.82, 2.24) is 5.32 Å². The molecule has 33 heavy (non-hydrogen) atoms. The molecule has 1 amide bonds. The van der Waals surface area contributed by atoms with Gasteiger partial charge in [0, 0.05) is 11.1 Å². The number of furan rings is 1. The van der Waals surface area contributed by atoms with Crippen LogP contribution in [0.15, 0.2) is 38.3 Å². The van der Waals surface area contributed by atoms with Crippen LogP contribution in [0.3, 0.4) is 0 Å². The highest BCUT2D eigenvalue weighted by Crippen LogP contribution is 2.37. The quantitative estimate of drug-likeness (QED) is 0.515. The third-order valence-corrected chi connectivity index (χ3v) is 6.39. The number of halogens is 1. The van der Waals surface area contributed by atoms with E-state index in [4.69, 9.17) is 4.42 Å². The van der Waals surface area contributed by atoms with E-state index in [9.17, 15) is 18.8 Å². The number of benzene rings is 1. The first-order chi connectivity index (χ1) is 15.5. The fourth-order valence-electron chi connectivity index (χ4n) is 4.60. The summed E-state index contributed by atoms with van der Waals surface area (Å²) in [5.41, 5.74) is 0.942. The molecule has 2 atom stereocenters. The third kappa shape index (κ3) is 4.12. The van der Waals surface area contributed by atoms with Gasteiger partial charge in [0.05, 0.1) is 23.3 Å². The van der Waals surface area contributed by atoms with Crippen molar-refractivity contribution in [1.29, 1.82) is 0 Å². The molecule has 0 spiro atoms. The summed E-state index contributed by atoms with van der Waals surface area (Å²) in [6, 6.07) is 6.30. The molecule has 2 aromatic carbocycles. The van der Waals surface area contributed by atoms with Gasteiger partial charge in [0.15, 0.2) is 0 Å². The van der Waals surface area contributed by atoms with Crippen LogP contribution in [0, 0.1) is 18.2 Å². The first-order valence-corrected chi connectivity index (χ1v) is 11.3. The summed E-state index contributed by atoms with van der Waals surface area (Å²) in [5, 5.41) is 6.06. The van der Waals surface area contributed by atoms with Gasteiger partial charge in [-0.1, -0.05) is 26.8 Å². The van der Waals surface area contributed by atoms with Crippen molar-refractivity contribution in [3.8, 4) is 0 Å². The zero-order valence-electron chi connectivity index (χ0n) is 19.6. The number of rotatable bonds is 7. The van der Waals surface area contributed by atoms with Crippen molar-refractivity contribution in [2.75, 3.05) is 5.32 Å². The molecule has 7 heteroatoms. The Morgan fingerprint density at radius 1 is 1.06 bits per heavy atom. The Morgan fingerprint density at radius 3 is 2.39 bits per heavy atom. The molecular weight excluding hydrogens is 423 g/mol. The second-order valence-corrected chi connectivity index (χ2v) is 9.94. The Kier molecular flexibility index (Phi) is 5.76. The molecule has 0 aliphatic carbocycles. The van der Waals surface area contributed by atoms with E-state index in [2.05, 4.69) is 10.6 Å². The lowest BCUT2D eigenvalue weighted by atomic mass is 9.84. The van der Waals surface area contributed by atoms with Gasteiger partial charge in [-0.2, -0.15) is 0 Å². The number of carbonyl (C=O) groups is 1. The summed E-state index contributed by atoms with van der Waals surface area (Å²) in [5.74, 6) is 0.760. The molecule has 1 aromatic heterocycles. The Labute approximate surface area is 191 Å². The summed E-state index contributed by atoms with van der Waals surface area (Å²) in [4.78, 5) is 37.0. The van der Waals surface area contributed by atoms with Gasteiger partial charge in [-0.15, -0.1) is 0 Å². The number of amides is 1. The molecule has 0 radical (unpaired) electrons. The molecule has 0 bridgehead atoms. The smallest absolute Gasteiger partial charge is 0.252 e. The molecule has 2 N–H and O–H groups in total. The van der Waals surface area contributed by atoms with E-state index >= 15 is 0 Å². The van der Waals surface area contributed by atoms with Gasteiger partial charge in [0.1, 0.15) is 17.3 Å². The fourth-order valence-corrected chi connectivity index (χ4v) is 4.60. The fraction of sp³-hybridized carbons (Fsp3) is 0.423. The molecule has 0 fully saturated rings. The average Bonchev–Trinajstić information content (AvgIpc) is 3.29. The highest BCUT2D eigenvalue weighted by Gasteiger charge is 2.33. The summed E-state index contributed by atoms with van der Waals surface area (Å²) >= 11 is 0. The van der Waals surface area contributed by atoms with Gasteiger partial charge in [-0.05, 0) is 62.3 Å². The Morgan fingerprint density at radius 2 is 1.76 bits per heavy atom. The minimum atomic E-state index is -0.539. The van der Waals surface area contributed by atoms with Crippen molar-refractivity contribution in [3.63, 3.8) is 0 Å². The highest BCUT2D eigenvalue weighted by molar-refractivity contribution is 6.00. The van der Waals surface area contributed by atoms with Gasteiger partial charge in [0.2, 0.25) is 10.9 Å². The molecule has 4 rings (SSSR count). The van der Waals surface area contributed by atoms with Crippen LogP contribution in [0.1, 0.15) is 84.8 Å². The van der Waals surface area contributed by atoms with Gasteiger partial charge in [-0.3, -0.25) is 14.4 Å². The maximum atomic E-state index is 14.5. The number of hydrogen-bond donors (Lipinski definition) is 2.